The lowest BCUT2D eigenvalue weighted by molar-refractivity contribution is -0.146. The van der Waals surface area contributed by atoms with E-state index in [4.69, 9.17) is 5.73 Å². The lowest BCUT2D eigenvalue weighted by atomic mass is 9.70. The van der Waals surface area contributed by atoms with Crippen LogP contribution >= 0.6 is 0 Å². The van der Waals surface area contributed by atoms with E-state index >= 15 is 0 Å². The molecule has 0 atom stereocenters. The second kappa shape index (κ2) is 6.25. The van der Waals surface area contributed by atoms with Gasteiger partial charge in [-0.1, -0.05) is 6.92 Å². The van der Waals surface area contributed by atoms with Gasteiger partial charge in [-0.2, -0.15) is 0 Å². The third kappa shape index (κ3) is 3.59. The Kier molecular flexibility index (Phi) is 4.99. The van der Waals surface area contributed by atoms with Crippen molar-refractivity contribution >= 4 is 5.91 Å². The SMILES string of the molecule is CC1CCC(CN)(C(=O)N2CCN(C(C)(C)C)CC2)CC1. The van der Waals surface area contributed by atoms with Gasteiger partial charge in [0, 0.05) is 38.3 Å². The Bertz CT molecular complexity index is 359. The summed E-state index contributed by atoms with van der Waals surface area (Å²) in [6.45, 7) is 13.2. The van der Waals surface area contributed by atoms with Gasteiger partial charge in [-0.05, 0) is 52.4 Å². The number of carbonyl (C=O) groups is 1. The standard InChI is InChI=1S/C17H33N3O/c1-14-5-7-17(13-18,8-6-14)15(21)19-9-11-20(12-10-19)16(2,3)4/h14H,5-13,18H2,1-4H3. The average Bonchev–Trinajstić information content (AvgIpc) is 2.47. The van der Waals surface area contributed by atoms with Gasteiger partial charge in [0.05, 0.1) is 5.41 Å². The largest absolute Gasteiger partial charge is 0.340 e. The molecular weight excluding hydrogens is 262 g/mol. The topological polar surface area (TPSA) is 49.6 Å². The minimum absolute atomic E-state index is 0.195. The molecule has 1 saturated carbocycles. The lowest BCUT2D eigenvalue weighted by Crippen LogP contribution is -2.58. The zero-order valence-corrected chi connectivity index (χ0v) is 14.3. The molecule has 2 aliphatic rings. The molecule has 0 aromatic heterocycles. The van der Waals surface area contributed by atoms with Gasteiger partial charge in [0.15, 0.2) is 0 Å². The van der Waals surface area contributed by atoms with Crippen molar-refractivity contribution in [3.63, 3.8) is 0 Å². The number of piperazine rings is 1. The number of hydrogen-bond acceptors (Lipinski definition) is 3. The maximum absolute atomic E-state index is 13.0. The lowest BCUT2D eigenvalue weighted by Gasteiger charge is -2.46. The number of carbonyl (C=O) groups excluding carboxylic acids is 1. The Morgan fingerprint density at radius 1 is 1.14 bits per heavy atom. The number of nitrogens with two attached hydrogens (primary N) is 1. The Morgan fingerprint density at radius 2 is 1.67 bits per heavy atom. The fourth-order valence-corrected chi connectivity index (χ4v) is 3.74. The van der Waals surface area contributed by atoms with Crippen molar-refractivity contribution in [2.24, 2.45) is 17.1 Å². The molecule has 4 nitrogen and oxygen atoms in total. The van der Waals surface area contributed by atoms with Crippen LogP contribution in [0.15, 0.2) is 0 Å². The summed E-state index contributed by atoms with van der Waals surface area (Å²) in [5.41, 5.74) is 5.96. The van der Waals surface area contributed by atoms with Gasteiger partial charge in [0.1, 0.15) is 0 Å². The predicted octanol–water partition coefficient (Wildman–Crippen LogP) is 2.08. The highest BCUT2D eigenvalue weighted by molar-refractivity contribution is 5.83. The summed E-state index contributed by atoms with van der Waals surface area (Å²) >= 11 is 0. The molecule has 1 heterocycles. The van der Waals surface area contributed by atoms with Crippen LogP contribution in [0.4, 0.5) is 0 Å². The molecule has 0 aromatic carbocycles. The zero-order valence-electron chi connectivity index (χ0n) is 14.3. The Morgan fingerprint density at radius 3 is 2.10 bits per heavy atom. The Hall–Kier alpha value is -0.610. The van der Waals surface area contributed by atoms with Crippen LogP contribution in [-0.2, 0) is 4.79 Å². The maximum Gasteiger partial charge on any atom is 0.230 e. The van der Waals surface area contributed by atoms with Gasteiger partial charge in [0.25, 0.3) is 0 Å². The minimum atomic E-state index is -0.267. The molecule has 2 rings (SSSR count). The quantitative estimate of drug-likeness (QED) is 0.848. The number of hydrogen-bond donors (Lipinski definition) is 1. The first kappa shape index (κ1) is 16.8. The molecule has 2 fully saturated rings. The van der Waals surface area contributed by atoms with Crippen molar-refractivity contribution in [3.8, 4) is 0 Å². The van der Waals surface area contributed by atoms with Crippen LogP contribution in [0, 0.1) is 11.3 Å². The van der Waals surface area contributed by atoms with E-state index in [0.29, 0.717) is 12.5 Å². The number of rotatable bonds is 2. The summed E-state index contributed by atoms with van der Waals surface area (Å²) in [6.07, 6.45) is 4.24. The van der Waals surface area contributed by atoms with Crippen LogP contribution in [0.5, 0.6) is 0 Å². The average molecular weight is 295 g/mol. The first-order valence-electron chi connectivity index (χ1n) is 8.53. The normalized spacial score (nSPS) is 32.2. The predicted molar refractivity (Wildman–Crippen MR) is 87.0 cm³/mol. The first-order chi connectivity index (χ1) is 9.78. The van der Waals surface area contributed by atoms with E-state index < -0.39 is 0 Å². The van der Waals surface area contributed by atoms with E-state index in [0.717, 1.165) is 57.8 Å². The van der Waals surface area contributed by atoms with Crippen LogP contribution in [0.3, 0.4) is 0 Å². The van der Waals surface area contributed by atoms with Gasteiger partial charge in [-0.3, -0.25) is 9.69 Å². The monoisotopic (exact) mass is 295 g/mol. The number of amides is 1. The minimum Gasteiger partial charge on any atom is -0.340 e. The van der Waals surface area contributed by atoms with Gasteiger partial charge in [-0.15, -0.1) is 0 Å². The van der Waals surface area contributed by atoms with Crippen LogP contribution in [0.1, 0.15) is 53.4 Å². The van der Waals surface area contributed by atoms with Crippen molar-refractivity contribution in [1.29, 1.82) is 0 Å². The van der Waals surface area contributed by atoms with Crippen LogP contribution in [-0.4, -0.2) is 54.0 Å². The highest BCUT2D eigenvalue weighted by Gasteiger charge is 2.43. The summed E-state index contributed by atoms with van der Waals surface area (Å²) in [5, 5.41) is 0. The molecule has 1 amide bonds. The first-order valence-corrected chi connectivity index (χ1v) is 8.53. The third-order valence-corrected chi connectivity index (χ3v) is 5.59. The summed E-state index contributed by atoms with van der Waals surface area (Å²) in [4.78, 5) is 17.5. The van der Waals surface area contributed by atoms with E-state index in [9.17, 15) is 4.79 Å². The Balaban J connectivity index is 1.97. The van der Waals surface area contributed by atoms with Crippen molar-refractivity contribution in [2.45, 2.75) is 58.9 Å². The van der Waals surface area contributed by atoms with Crippen molar-refractivity contribution in [3.05, 3.63) is 0 Å². The van der Waals surface area contributed by atoms with Crippen LogP contribution in [0.25, 0.3) is 0 Å². The molecule has 1 aliphatic heterocycles. The molecule has 0 unspecified atom stereocenters. The Labute approximate surface area is 130 Å². The molecule has 0 spiro atoms. The van der Waals surface area contributed by atoms with Gasteiger partial charge < -0.3 is 10.6 Å². The molecule has 1 aliphatic carbocycles. The van der Waals surface area contributed by atoms with Gasteiger partial charge in [0.2, 0.25) is 5.91 Å². The molecule has 21 heavy (non-hydrogen) atoms. The smallest absolute Gasteiger partial charge is 0.230 e. The molecule has 0 radical (unpaired) electrons. The molecule has 0 bridgehead atoms. The summed E-state index contributed by atoms with van der Waals surface area (Å²) in [7, 11) is 0. The molecule has 1 saturated heterocycles. The van der Waals surface area contributed by atoms with E-state index in [-0.39, 0.29) is 11.0 Å². The zero-order chi connectivity index (χ0) is 15.7. The van der Waals surface area contributed by atoms with Gasteiger partial charge in [-0.25, -0.2) is 0 Å². The molecule has 4 heteroatoms. The van der Waals surface area contributed by atoms with E-state index in [1.165, 1.54) is 0 Å². The van der Waals surface area contributed by atoms with E-state index in [2.05, 4.69) is 37.5 Å². The second-order valence-electron chi connectivity index (χ2n) is 8.12. The van der Waals surface area contributed by atoms with Crippen LogP contribution in [0.2, 0.25) is 0 Å². The molecular formula is C17H33N3O. The van der Waals surface area contributed by atoms with E-state index in [1.54, 1.807) is 0 Å². The maximum atomic E-state index is 13.0. The molecule has 0 aromatic rings. The van der Waals surface area contributed by atoms with Crippen molar-refractivity contribution < 1.29 is 4.79 Å². The molecule has 122 valence electrons. The third-order valence-electron chi connectivity index (χ3n) is 5.59. The summed E-state index contributed by atoms with van der Waals surface area (Å²) < 4.78 is 0. The highest BCUT2D eigenvalue weighted by atomic mass is 16.2. The van der Waals surface area contributed by atoms with Gasteiger partial charge >= 0.3 is 0 Å². The van der Waals surface area contributed by atoms with Crippen molar-refractivity contribution in [2.75, 3.05) is 32.7 Å². The summed E-state index contributed by atoms with van der Waals surface area (Å²) in [5.74, 6) is 1.07. The van der Waals surface area contributed by atoms with Crippen LogP contribution < -0.4 is 5.73 Å². The molecule has 2 N–H and O–H groups in total. The van der Waals surface area contributed by atoms with Crippen molar-refractivity contribution in [1.82, 2.24) is 9.80 Å². The fourth-order valence-electron chi connectivity index (χ4n) is 3.74. The summed E-state index contributed by atoms with van der Waals surface area (Å²) in [6, 6.07) is 0. The van der Waals surface area contributed by atoms with E-state index in [1.807, 2.05) is 0 Å². The highest BCUT2D eigenvalue weighted by Crippen LogP contribution is 2.39. The second-order valence-corrected chi connectivity index (χ2v) is 8.12. The fraction of sp³-hybridized carbons (Fsp3) is 0.941. The number of nitrogens with zero attached hydrogens (tertiary/aromatic N) is 2.